The van der Waals surface area contributed by atoms with Crippen molar-refractivity contribution in [2.45, 2.75) is 33.3 Å². The predicted molar refractivity (Wildman–Crippen MR) is 86.6 cm³/mol. The third-order valence-electron chi connectivity index (χ3n) is 2.53. The van der Waals surface area contributed by atoms with Gasteiger partial charge in [0.1, 0.15) is 0 Å². The average Bonchev–Trinajstić information content (AvgIpc) is 2.27. The topological polar surface area (TPSA) is 49.3 Å². The molecule has 19 heavy (non-hydrogen) atoms. The number of hydrogen-bond donors (Lipinski definition) is 2. The molecule has 1 rings (SSSR count). The van der Waals surface area contributed by atoms with Crippen LogP contribution in [-0.4, -0.2) is 23.7 Å². The number of hydrogen-bond acceptors (Lipinski definition) is 2. The minimum atomic E-state index is -0.539. The number of amides is 1. The molecule has 0 fully saturated rings. The van der Waals surface area contributed by atoms with Crippen LogP contribution in [0.2, 0.25) is 5.02 Å². The fourth-order valence-electron chi connectivity index (χ4n) is 1.73. The molecule has 1 atom stereocenters. The summed E-state index contributed by atoms with van der Waals surface area (Å²) in [4.78, 5) is 11.9. The predicted octanol–water partition coefficient (Wildman–Crippen LogP) is 3.47. The highest BCUT2D eigenvalue weighted by molar-refractivity contribution is 14.1. The molecule has 0 aliphatic carbocycles. The number of halogens is 2. The Bertz CT molecular complexity index is 457. The van der Waals surface area contributed by atoms with Gasteiger partial charge in [0.05, 0.1) is 11.1 Å². The second-order valence-electron chi connectivity index (χ2n) is 5.76. The number of nitrogens with one attached hydrogen (secondary N) is 1. The fraction of sp³-hybridized carbons (Fsp3) is 0.500. The van der Waals surface area contributed by atoms with Crippen LogP contribution in [0.15, 0.2) is 18.2 Å². The van der Waals surface area contributed by atoms with E-state index in [1.54, 1.807) is 18.2 Å². The highest BCUT2D eigenvalue weighted by Gasteiger charge is 2.17. The highest BCUT2D eigenvalue weighted by atomic mass is 127. The average molecular weight is 396 g/mol. The zero-order valence-corrected chi connectivity index (χ0v) is 14.2. The van der Waals surface area contributed by atoms with Gasteiger partial charge < -0.3 is 10.4 Å². The summed E-state index contributed by atoms with van der Waals surface area (Å²) in [6.07, 6.45) is 0.101. The van der Waals surface area contributed by atoms with Crippen molar-refractivity contribution in [1.29, 1.82) is 0 Å². The summed E-state index contributed by atoms with van der Waals surface area (Å²) in [5.41, 5.74) is 0.546. The monoisotopic (exact) mass is 395 g/mol. The largest absolute Gasteiger partial charge is 0.391 e. The Morgan fingerprint density at radius 3 is 2.63 bits per heavy atom. The van der Waals surface area contributed by atoms with E-state index in [1.807, 2.05) is 0 Å². The van der Waals surface area contributed by atoms with Crippen molar-refractivity contribution < 1.29 is 9.90 Å². The highest BCUT2D eigenvalue weighted by Crippen LogP contribution is 2.21. The molecule has 0 aromatic heterocycles. The van der Waals surface area contributed by atoms with Crippen LogP contribution in [0, 0.1) is 8.99 Å². The van der Waals surface area contributed by atoms with Gasteiger partial charge in [-0.05, 0) is 52.6 Å². The van der Waals surface area contributed by atoms with E-state index < -0.39 is 6.10 Å². The lowest BCUT2D eigenvalue weighted by atomic mass is 9.89. The van der Waals surface area contributed by atoms with E-state index >= 15 is 0 Å². The van der Waals surface area contributed by atoms with E-state index in [1.165, 1.54) is 0 Å². The molecule has 1 unspecified atom stereocenters. The second-order valence-corrected chi connectivity index (χ2v) is 7.33. The van der Waals surface area contributed by atoms with Crippen molar-refractivity contribution in [3.63, 3.8) is 0 Å². The van der Waals surface area contributed by atoms with Crippen molar-refractivity contribution in [3.05, 3.63) is 32.4 Å². The molecule has 0 heterocycles. The molecule has 0 saturated carbocycles. The molecule has 1 aromatic carbocycles. The van der Waals surface area contributed by atoms with E-state index in [-0.39, 0.29) is 17.9 Å². The van der Waals surface area contributed by atoms with Crippen molar-refractivity contribution in [2.24, 2.45) is 5.41 Å². The molecule has 1 aromatic rings. The van der Waals surface area contributed by atoms with E-state index in [2.05, 4.69) is 48.7 Å². The van der Waals surface area contributed by atoms with Gasteiger partial charge in [-0.1, -0.05) is 32.4 Å². The third kappa shape index (κ3) is 6.10. The molecule has 0 aliphatic heterocycles. The summed E-state index contributed by atoms with van der Waals surface area (Å²) < 4.78 is 0.906. The maximum Gasteiger partial charge on any atom is 0.251 e. The fourth-order valence-corrected chi connectivity index (χ4v) is 2.25. The van der Waals surface area contributed by atoms with Crippen LogP contribution < -0.4 is 5.32 Å². The number of aliphatic hydroxyl groups is 1. The molecule has 106 valence electrons. The van der Waals surface area contributed by atoms with Gasteiger partial charge in [-0.15, -0.1) is 0 Å². The molecule has 2 N–H and O–H groups in total. The van der Waals surface area contributed by atoms with Crippen LogP contribution in [0.4, 0.5) is 0 Å². The van der Waals surface area contributed by atoms with Gasteiger partial charge in [0.25, 0.3) is 5.91 Å². The molecule has 0 spiro atoms. The number of carbonyl (C=O) groups is 1. The van der Waals surface area contributed by atoms with E-state index in [9.17, 15) is 9.90 Å². The minimum Gasteiger partial charge on any atom is -0.391 e. The zero-order chi connectivity index (χ0) is 14.6. The Hall–Kier alpha value is -0.330. The third-order valence-corrected chi connectivity index (χ3v) is 4.10. The van der Waals surface area contributed by atoms with Gasteiger partial charge in [-0.3, -0.25) is 4.79 Å². The SMILES string of the molecule is CC(C)(C)CC(O)CNC(=O)c1ccc(I)c(Cl)c1. The first-order valence-corrected chi connectivity index (χ1v) is 7.56. The van der Waals surface area contributed by atoms with Crippen LogP contribution in [-0.2, 0) is 0 Å². The Morgan fingerprint density at radius 2 is 2.11 bits per heavy atom. The Labute approximate surface area is 132 Å². The van der Waals surface area contributed by atoms with Crippen LogP contribution in [0.1, 0.15) is 37.6 Å². The normalized spacial score (nSPS) is 13.2. The molecule has 3 nitrogen and oxygen atoms in total. The molecular weight excluding hydrogens is 377 g/mol. The lowest BCUT2D eigenvalue weighted by Crippen LogP contribution is -2.34. The molecule has 1 amide bonds. The van der Waals surface area contributed by atoms with Crippen molar-refractivity contribution >= 4 is 40.1 Å². The van der Waals surface area contributed by atoms with Crippen molar-refractivity contribution in [2.75, 3.05) is 6.54 Å². The molecule has 0 bridgehead atoms. The number of aliphatic hydroxyl groups excluding tert-OH is 1. The van der Waals surface area contributed by atoms with E-state index in [0.29, 0.717) is 17.0 Å². The molecule has 0 saturated heterocycles. The standard InChI is InChI=1S/C14H19ClINO2/c1-14(2,3)7-10(18)8-17-13(19)9-4-5-12(16)11(15)6-9/h4-6,10,18H,7-8H2,1-3H3,(H,17,19). The van der Waals surface area contributed by atoms with Crippen molar-refractivity contribution in [1.82, 2.24) is 5.32 Å². The van der Waals surface area contributed by atoms with Gasteiger partial charge >= 0.3 is 0 Å². The first kappa shape index (κ1) is 16.7. The van der Waals surface area contributed by atoms with Gasteiger partial charge in [0, 0.05) is 15.7 Å². The van der Waals surface area contributed by atoms with E-state index in [0.717, 1.165) is 3.57 Å². The summed E-state index contributed by atoms with van der Waals surface area (Å²) in [6.45, 7) is 6.41. The van der Waals surface area contributed by atoms with Gasteiger partial charge in [-0.2, -0.15) is 0 Å². The minimum absolute atomic E-state index is 0.0380. The van der Waals surface area contributed by atoms with Crippen LogP contribution in [0.5, 0.6) is 0 Å². The number of carbonyl (C=O) groups excluding carboxylic acids is 1. The summed E-state index contributed by atoms with van der Waals surface area (Å²) in [7, 11) is 0. The number of benzene rings is 1. The maximum absolute atomic E-state index is 11.9. The van der Waals surface area contributed by atoms with Gasteiger partial charge in [0.15, 0.2) is 0 Å². The smallest absolute Gasteiger partial charge is 0.251 e. The summed E-state index contributed by atoms with van der Waals surface area (Å²) in [5, 5.41) is 13.1. The van der Waals surface area contributed by atoms with Crippen LogP contribution in [0.25, 0.3) is 0 Å². The van der Waals surface area contributed by atoms with Crippen molar-refractivity contribution in [3.8, 4) is 0 Å². The Balaban J connectivity index is 2.53. The quantitative estimate of drug-likeness (QED) is 0.767. The molecular formula is C14H19ClINO2. The van der Waals surface area contributed by atoms with E-state index in [4.69, 9.17) is 11.6 Å². The Morgan fingerprint density at radius 1 is 1.47 bits per heavy atom. The van der Waals surface area contributed by atoms with Gasteiger partial charge in [0.2, 0.25) is 0 Å². The van der Waals surface area contributed by atoms with Crippen LogP contribution in [0.3, 0.4) is 0 Å². The second kappa shape index (κ2) is 6.90. The Kier molecular flexibility index (Phi) is 6.08. The molecule has 0 radical (unpaired) electrons. The zero-order valence-electron chi connectivity index (χ0n) is 11.3. The lowest BCUT2D eigenvalue weighted by Gasteiger charge is -2.22. The number of rotatable bonds is 4. The summed E-state index contributed by atoms with van der Waals surface area (Å²) in [5.74, 6) is -0.216. The summed E-state index contributed by atoms with van der Waals surface area (Å²) in [6, 6.07) is 5.15. The first-order valence-electron chi connectivity index (χ1n) is 6.10. The lowest BCUT2D eigenvalue weighted by molar-refractivity contribution is 0.0868. The summed E-state index contributed by atoms with van der Waals surface area (Å²) >= 11 is 8.08. The maximum atomic E-state index is 11.9. The van der Waals surface area contributed by atoms with Crippen LogP contribution >= 0.6 is 34.2 Å². The van der Waals surface area contributed by atoms with Gasteiger partial charge in [-0.25, -0.2) is 0 Å². The molecule has 5 heteroatoms. The molecule has 0 aliphatic rings. The first-order chi connectivity index (χ1) is 8.69.